The van der Waals surface area contributed by atoms with Crippen LogP contribution in [0.25, 0.3) is 0 Å². The van der Waals surface area contributed by atoms with Gasteiger partial charge in [-0.05, 0) is 47.9 Å². The number of nitro groups is 1. The van der Waals surface area contributed by atoms with Crippen LogP contribution < -0.4 is 10.1 Å². The van der Waals surface area contributed by atoms with E-state index in [1.165, 1.54) is 25.1 Å². The van der Waals surface area contributed by atoms with E-state index in [9.17, 15) is 24.8 Å². The molecule has 3 aromatic carbocycles. The van der Waals surface area contributed by atoms with Crippen LogP contribution in [0.5, 0.6) is 5.75 Å². The van der Waals surface area contributed by atoms with Gasteiger partial charge < -0.3 is 15.2 Å². The van der Waals surface area contributed by atoms with Crippen molar-refractivity contribution in [2.45, 2.75) is 32.4 Å². The maximum Gasteiger partial charge on any atom is 0.335 e. The number of rotatable bonds is 10. The number of ether oxygens (including phenoxy) is 1. The topological polar surface area (TPSA) is 119 Å². The zero-order valence-electron chi connectivity index (χ0n) is 18.1. The van der Waals surface area contributed by atoms with Crippen molar-refractivity contribution in [1.29, 1.82) is 0 Å². The van der Waals surface area contributed by atoms with Gasteiger partial charge in [-0.2, -0.15) is 0 Å². The van der Waals surface area contributed by atoms with Gasteiger partial charge in [0, 0.05) is 23.8 Å². The highest BCUT2D eigenvalue weighted by Gasteiger charge is 2.22. The molecular weight excluding hydrogens is 424 g/mol. The van der Waals surface area contributed by atoms with E-state index in [-0.39, 0.29) is 29.1 Å². The predicted octanol–water partition coefficient (Wildman–Crippen LogP) is 4.87. The lowest BCUT2D eigenvalue weighted by Gasteiger charge is -2.13. The summed E-state index contributed by atoms with van der Waals surface area (Å²) in [4.78, 5) is 34.4. The molecule has 1 atom stereocenters. The molecule has 0 radical (unpaired) electrons. The molecule has 0 saturated heterocycles. The van der Waals surface area contributed by atoms with E-state index < -0.39 is 16.9 Å². The van der Waals surface area contributed by atoms with Crippen molar-refractivity contribution in [2.75, 3.05) is 5.32 Å². The summed E-state index contributed by atoms with van der Waals surface area (Å²) in [6, 6.07) is 20.0. The molecule has 33 heavy (non-hydrogen) atoms. The van der Waals surface area contributed by atoms with Crippen LogP contribution in [-0.2, 0) is 17.8 Å². The van der Waals surface area contributed by atoms with Gasteiger partial charge in [-0.1, -0.05) is 42.5 Å². The van der Waals surface area contributed by atoms with Gasteiger partial charge >= 0.3 is 5.97 Å². The molecule has 3 rings (SSSR count). The van der Waals surface area contributed by atoms with Crippen LogP contribution in [0.2, 0.25) is 0 Å². The molecule has 8 heteroatoms. The number of carboxylic acids is 1. The monoisotopic (exact) mass is 448 g/mol. The molecule has 3 aromatic rings. The Kier molecular flexibility index (Phi) is 7.75. The third kappa shape index (κ3) is 6.64. The molecule has 0 aliphatic carbocycles. The Morgan fingerprint density at radius 2 is 1.73 bits per heavy atom. The molecule has 2 N–H and O–H groups in total. The number of nitrogens with zero attached hydrogens (tertiary/aromatic N) is 1. The maximum absolute atomic E-state index is 12.5. The van der Waals surface area contributed by atoms with E-state index in [0.717, 1.165) is 16.9 Å². The summed E-state index contributed by atoms with van der Waals surface area (Å²) in [6.07, 6.45) is 0.581. The average Bonchev–Trinajstić information content (AvgIpc) is 2.82. The number of nitrogens with one attached hydrogen (secondary N) is 1. The molecule has 0 spiro atoms. The molecular formula is C25H24N2O6. The van der Waals surface area contributed by atoms with Gasteiger partial charge in [0.2, 0.25) is 11.9 Å². The Balaban J connectivity index is 1.59. The van der Waals surface area contributed by atoms with E-state index in [2.05, 4.69) is 5.32 Å². The summed E-state index contributed by atoms with van der Waals surface area (Å²) in [7, 11) is 0. The van der Waals surface area contributed by atoms with E-state index in [0.29, 0.717) is 13.0 Å². The summed E-state index contributed by atoms with van der Waals surface area (Å²) in [6.45, 7) is 1.84. The number of amides is 1. The Labute approximate surface area is 191 Å². The first kappa shape index (κ1) is 23.5. The predicted molar refractivity (Wildman–Crippen MR) is 123 cm³/mol. The van der Waals surface area contributed by atoms with Crippen molar-refractivity contribution < 1.29 is 24.4 Å². The lowest BCUT2D eigenvalue weighted by Crippen LogP contribution is -2.17. The van der Waals surface area contributed by atoms with Crippen molar-refractivity contribution in [2.24, 2.45) is 0 Å². The number of hydrogen-bond acceptors (Lipinski definition) is 5. The fourth-order valence-corrected chi connectivity index (χ4v) is 3.24. The van der Waals surface area contributed by atoms with E-state index in [4.69, 9.17) is 4.74 Å². The van der Waals surface area contributed by atoms with Crippen molar-refractivity contribution in [3.8, 4) is 5.75 Å². The van der Waals surface area contributed by atoms with Crippen LogP contribution in [-0.4, -0.2) is 21.9 Å². The third-order valence-electron chi connectivity index (χ3n) is 5.15. The Bertz CT molecular complexity index is 1130. The molecule has 170 valence electrons. The molecule has 0 heterocycles. The number of aromatic carboxylic acids is 1. The van der Waals surface area contributed by atoms with Gasteiger partial charge in [0.05, 0.1) is 11.3 Å². The Hall–Kier alpha value is -4.20. The smallest absolute Gasteiger partial charge is 0.335 e. The van der Waals surface area contributed by atoms with Gasteiger partial charge in [-0.15, -0.1) is 0 Å². The normalized spacial score (nSPS) is 11.4. The number of carbonyl (C=O) groups is 2. The van der Waals surface area contributed by atoms with Gasteiger partial charge in [0.25, 0.3) is 0 Å². The minimum absolute atomic E-state index is 0.0595. The van der Waals surface area contributed by atoms with Crippen LogP contribution in [0.1, 0.15) is 46.4 Å². The van der Waals surface area contributed by atoms with Crippen LogP contribution in [0, 0.1) is 10.1 Å². The minimum Gasteiger partial charge on any atom is -0.489 e. The molecule has 0 aliphatic heterocycles. The Morgan fingerprint density at radius 1 is 1.03 bits per heavy atom. The van der Waals surface area contributed by atoms with Crippen LogP contribution in [0.4, 0.5) is 5.69 Å². The number of carboxylic acid groups (broad SMARTS) is 1. The molecule has 0 bridgehead atoms. The SMILES string of the molecule is CC(c1ccc(C(=O)O)cc1NC(=O)CCc1ccc(OCc2ccccc2)cc1)[N+](=O)[O-]. The van der Waals surface area contributed by atoms with E-state index in [1.807, 2.05) is 54.6 Å². The standard InChI is InChI=1S/C25H24N2O6/c1-17(27(31)32)22-13-10-20(25(29)30)15-23(22)26-24(28)14-9-18-7-11-21(12-8-18)33-16-19-5-3-2-4-6-19/h2-8,10-13,15,17H,9,14,16H2,1H3,(H,26,28)(H,29,30). The zero-order chi connectivity index (χ0) is 23.8. The van der Waals surface area contributed by atoms with Crippen LogP contribution in [0.3, 0.4) is 0 Å². The maximum atomic E-state index is 12.5. The summed E-state index contributed by atoms with van der Waals surface area (Å²) >= 11 is 0. The van der Waals surface area contributed by atoms with Crippen LogP contribution in [0.15, 0.2) is 72.8 Å². The van der Waals surface area contributed by atoms with Gasteiger partial charge in [-0.3, -0.25) is 14.9 Å². The molecule has 1 amide bonds. The third-order valence-corrected chi connectivity index (χ3v) is 5.15. The first-order valence-electron chi connectivity index (χ1n) is 10.4. The summed E-state index contributed by atoms with van der Waals surface area (Å²) < 4.78 is 5.75. The molecule has 1 unspecified atom stereocenters. The largest absolute Gasteiger partial charge is 0.489 e. The minimum atomic E-state index is -1.18. The molecule has 0 aliphatic rings. The highest BCUT2D eigenvalue weighted by Crippen LogP contribution is 2.27. The lowest BCUT2D eigenvalue weighted by molar-refractivity contribution is -0.524. The number of anilines is 1. The second-order valence-corrected chi connectivity index (χ2v) is 7.53. The van der Waals surface area contributed by atoms with Crippen LogP contribution >= 0.6 is 0 Å². The first-order chi connectivity index (χ1) is 15.8. The van der Waals surface area contributed by atoms with E-state index in [1.54, 1.807) is 0 Å². The molecule has 0 saturated carbocycles. The van der Waals surface area contributed by atoms with Gasteiger partial charge in [0.1, 0.15) is 12.4 Å². The number of benzene rings is 3. The Morgan fingerprint density at radius 3 is 2.36 bits per heavy atom. The highest BCUT2D eigenvalue weighted by molar-refractivity contribution is 5.95. The zero-order valence-corrected chi connectivity index (χ0v) is 18.1. The highest BCUT2D eigenvalue weighted by atomic mass is 16.6. The van der Waals surface area contributed by atoms with Crippen molar-refractivity contribution in [3.63, 3.8) is 0 Å². The number of hydrogen-bond donors (Lipinski definition) is 2. The second kappa shape index (κ2) is 10.9. The van der Waals surface area contributed by atoms with Gasteiger partial charge in [0.15, 0.2) is 0 Å². The first-order valence-corrected chi connectivity index (χ1v) is 10.4. The van der Waals surface area contributed by atoms with Gasteiger partial charge in [-0.25, -0.2) is 4.79 Å². The van der Waals surface area contributed by atoms with Crippen molar-refractivity contribution >= 4 is 17.6 Å². The van der Waals surface area contributed by atoms with E-state index >= 15 is 0 Å². The summed E-state index contributed by atoms with van der Waals surface area (Å²) in [5.41, 5.74) is 2.31. The average molecular weight is 448 g/mol. The quantitative estimate of drug-likeness (QED) is 0.337. The number of aryl methyl sites for hydroxylation is 1. The summed E-state index contributed by atoms with van der Waals surface area (Å²) in [5, 5.41) is 23.0. The van der Waals surface area contributed by atoms with Crippen molar-refractivity contribution in [1.82, 2.24) is 0 Å². The second-order valence-electron chi connectivity index (χ2n) is 7.53. The fraction of sp³-hybridized carbons (Fsp3) is 0.200. The lowest BCUT2D eigenvalue weighted by atomic mass is 10.0. The number of carbonyl (C=O) groups excluding carboxylic acids is 1. The fourth-order valence-electron chi connectivity index (χ4n) is 3.24. The molecule has 8 nitrogen and oxygen atoms in total. The van der Waals surface area contributed by atoms with Crippen molar-refractivity contribution in [3.05, 3.63) is 105 Å². The molecule has 0 fully saturated rings. The molecule has 0 aromatic heterocycles. The summed E-state index contributed by atoms with van der Waals surface area (Å²) in [5.74, 6) is -0.824.